The molecule has 0 aliphatic carbocycles. The number of carbonyl (C=O) groups excluding carboxylic acids is 1. The lowest BCUT2D eigenvalue weighted by Gasteiger charge is -2.42. The van der Waals surface area contributed by atoms with Crippen molar-refractivity contribution in [1.29, 1.82) is 0 Å². The van der Waals surface area contributed by atoms with Gasteiger partial charge in [0.1, 0.15) is 12.6 Å². The van der Waals surface area contributed by atoms with Crippen LogP contribution in [0.5, 0.6) is 0 Å². The Hall–Kier alpha value is -1.52. The number of carbonyl (C=O) groups is 2. The average molecular weight is 199 g/mol. The zero-order chi connectivity index (χ0) is 10.7. The summed E-state index contributed by atoms with van der Waals surface area (Å²) < 4.78 is 4.73. The molecule has 5 nitrogen and oxygen atoms in total. The Labute approximate surface area is 82.0 Å². The van der Waals surface area contributed by atoms with Crippen LogP contribution in [0.15, 0.2) is 12.7 Å². The molecule has 5 heteroatoms. The summed E-state index contributed by atoms with van der Waals surface area (Å²) in [6.45, 7) is 5.73. The summed E-state index contributed by atoms with van der Waals surface area (Å²) in [6, 6.07) is -0.743. The molecule has 2 unspecified atom stereocenters. The van der Waals surface area contributed by atoms with E-state index in [1.165, 1.54) is 11.0 Å². The lowest BCUT2D eigenvalue weighted by Crippen LogP contribution is -2.61. The van der Waals surface area contributed by atoms with Gasteiger partial charge in [0.25, 0.3) is 0 Å². The first-order chi connectivity index (χ1) is 6.57. The highest BCUT2D eigenvalue weighted by Gasteiger charge is 2.44. The van der Waals surface area contributed by atoms with Gasteiger partial charge < -0.3 is 9.84 Å². The minimum absolute atomic E-state index is 0.0104. The van der Waals surface area contributed by atoms with Crippen molar-refractivity contribution in [3.05, 3.63) is 12.7 Å². The predicted octanol–water partition coefficient (Wildman–Crippen LogP) is 0.714. The van der Waals surface area contributed by atoms with Crippen LogP contribution in [0.4, 0.5) is 4.79 Å². The second kappa shape index (κ2) is 4.13. The van der Waals surface area contributed by atoms with Gasteiger partial charge in [-0.15, -0.1) is 0 Å². The van der Waals surface area contributed by atoms with Gasteiger partial charge in [-0.2, -0.15) is 0 Å². The maximum Gasteiger partial charge on any atom is 0.410 e. The van der Waals surface area contributed by atoms with Gasteiger partial charge in [0, 0.05) is 12.5 Å². The molecular weight excluding hydrogens is 186 g/mol. The first kappa shape index (κ1) is 10.6. The number of ether oxygens (including phenoxy) is 1. The van der Waals surface area contributed by atoms with Gasteiger partial charge >= 0.3 is 12.1 Å². The fraction of sp³-hybridized carbons (Fsp3) is 0.556. The van der Waals surface area contributed by atoms with E-state index in [0.29, 0.717) is 6.54 Å². The number of carboxylic acid groups (broad SMARTS) is 1. The Morgan fingerprint density at radius 3 is 2.79 bits per heavy atom. The molecular formula is C9H13NO4. The van der Waals surface area contributed by atoms with Crippen molar-refractivity contribution in [2.75, 3.05) is 13.2 Å². The number of rotatable bonds is 3. The van der Waals surface area contributed by atoms with E-state index in [1.807, 2.05) is 0 Å². The minimum Gasteiger partial charge on any atom is -0.480 e. The molecule has 2 atom stereocenters. The highest BCUT2D eigenvalue weighted by atomic mass is 16.6. The minimum atomic E-state index is -0.987. The summed E-state index contributed by atoms with van der Waals surface area (Å²) in [6.07, 6.45) is 0.854. The van der Waals surface area contributed by atoms with E-state index in [4.69, 9.17) is 9.84 Å². The molecule has 1 saturated heterocycles. The molecule has 0 bridgehead atoms. The highest BCUT2D eigenvalue weighted by Crippen LogP contribution is 2.25. The van der Waals surface area contributed by atoms with Gasteiger partial charge in [-0.25, -0.2) is 9.59 Å². The predicted molar refractivity (Wildman–Crippen MR) is 48.8 cm³/mol. The van der Waals surface area contributed by atoms with Gasteiger partial charge in [0.2, 0.25) is 0 Å². The quantitative estimate of drug-likeness (QED) is 0.680. The summed E-state index contributed by atoms with van der Waals surface area (Å²) in [5.41, 5.74) is 0. The third kappa shape index (κ3) is 1.86. The Bertz CT molecular complexity index is 264. The largest absolute Gasteiger partial charge is 0.480 e. The van der Waals surface area contributed by atoms with Crippen molar-refractivity contribution in [1.82, 2.24) is 4.90 Å². The SMILES string of the molecule is C=CCOC(=O)N1CC(C)C1C(=O)O. The third-order valence-electron chi connectivity index (χ3n) is 2.17. The molecule has 14 heavy (non-hydrogen) atoms. The van der Waals surface area contributed by atoms with Crippen LogP contribution < -0.4 is 0 Å². The fourth-order valence-electron chi connectivity index (χ4n) is 1.47. The van der Waals surface area contributed by atoms with E-state index < -0.39 is 18.1 Å². The number of hydrogen-bond acceptors (Lipinski definition) is 3. The van der Waals surface area contributed by atoms with Crippen molar-refractivity contribution in [3.63, 3.8) is 0 Å². The lowest BCUT2D eigenvalue weighted by molar-refractivity contribution is -0.150. The molecule has 1 rings (SSSR count). The molecule has 0 aromatic carbocycles. The number of nitrogens with zero attached hydrogens (tertiary/aromatic N) is 1. The third-order valence-corrected chi connectivity index (χ3v) is 2.17. The maximum absolute atomic E-state index is 11.2. The van der Waals surface area contributed by atoms with Gasteiger partial charge in [-0.1, -0.05) is 19.6 Å². The van der Waals surface area contributed by atoms with Gasteiger partial charge in [0.15, 0.2) is 0 Å². The highest BCUT2D eigenvalue weighted by molar-refractivity contribution is 5.82. The number of carboxylic acids is 1. The summed E-state index contributed by atoms with van der Waals surface area (Å²) in [5, 5.41) is 8.78. The van der Waals surface area contributed by atoms with Crippen molar-refractivity contribution >= 4 is 12.1 Å². The van der Waals surface area contributed by atoms with E-state index in [2.05, 4.69) is 6.58 Å². The molecule has 1 heterocycles. The molecule has 1 fully saturated rings. The molecule has 0 aromatic rings. The molecule has 0 spiro atoms. The second-order valence-corrected chi connectivity index (χ2v) is 3.28. The summed E-state index contributed by atoms with van der Waals surface area (Å²) in [5.74, 6) is -0.997. The summed E-state index contributed by atoms with van der Waals surface area (Å²) >= 11 is 0. The zero-order valence-corrected chi connectivity index (χ0v) is 7.97. The molecule has 1 amide bonds. The van der Waals surface area contributed by atoms with Crippen LogP contribution in [-0.4, -0.2) is 41.3 Å². The van der Waals surface area contributed by atoms with Crippen LogP contribution in [0.3, 0.4) is 0 Å². The topological polar surface area (TPSA) is 66.8 Å². The van der Waals surface area contributed by atoms with Crippen LogP contribution in [0.25, 0.3) is 0 Å². The molecule has 1 aliphatic rings. The summed E-state index contributed by atoms with van der Waals surface area (Å²) in [4.78, 5) is 23.2. The van der Waals surface area contributed by atoms with Crippen LogP contribution in [0.2, 0.25) is 0 Å². The molecule has 0 saturated carbocycles. The van der Waals surface area contributed by atoms with Crippen molar-refractivity contribution < 1.29 is 19.4 Å². The van der Waals surface area contributed by atoms with Gasteiger partial charge in [-0.05, 0) is 0 Å². The van der Waals surface area contributed by atoms with Crippen LogP contribution in [0.1, 0.15) is 6.92 Å². The van der Waals surface area contributed by atoms with Crippen LogP contribution in [-0.2, 0) is 9.53 Å². The van der Waals surface area contributed by atoms with Crippen molar-refractivity contribution in [2.24, 2.45) is 5.92 Å². The Kier molecular flexibility index (Phi) is 3.11. The standard InChI is InChI=1S/C9H13NO4/c1-3-4-14-9(13)10-5-6(2)7(10)8(11)12/h3,6-7H,1,4-5H2,2H3,(H,11,12). The van der Waals surface area contributed by atoms with Gasteiger partial charge in [0.05, 0.1) is 0 Å². The van der Waals surface area contributed by atoms with E-state index >= 15 is 0 Å². The van der Waals surface area contributed by atoms with E-state index in [9.17, 15) is 9.59 Å². The molecule has 1 N–H and O–H groups in total. The van der Waals surface area contributed by atoms with E-state index in [-0.39, 0.29) is 12.5 Å². The monoisotopic (exact) mass is 199 g/mol. The van der Waals surface area contributed by atoms with Crippen LogP contribution >= 0.6 is 0 Å². The summed E-state index contributed by atoms with van der Waals surface area (Å²) in [7, 11) is 0. The molecule has 1 aliphatic heterocycles. The number of likely N-dealkylation sites (tertiary alicyclic amines) is 1. The normalized spacial score (nSPS) is 25.1. The average Bonchev–Trinajstić information content (AvgIpc) is 2.08. The molecule has 78 valence electrons. The maximum atomic E-state index is 11.2. The van der Waals surface area contributed by atoms with Crippen molar-refractivity contribution in [2.45, 2.75) is 13.0 Å². The number of amides is 1. The zero-order valence-electron chi connectivity index (χ0n) is 7.97. The second-order valence-electron chi connectivity index (χ2n) is 3.28. The Morgan fingerprint density at radius 2 is 2.36 bits per heavy atom. The Morgan fingerprint density at radius 1 is 1.71 bits per heavy atom. The first-order valence-corrected chi connectivity index (χ1v) is 4.35. The first-order valence-electron chi connectivity index (χ1n) is 4.35. The number of hydrogen-bond donors (Lipinski definition) is 1. The van der Waals surface area contributed by atoms with E-state index in [1.54, 1.807) is 6.92 Å². The lowest BCUT2D eigenvalue weighted by atomic mass is 9.91. The molecule has 0 radical (unpaired) electrons. The fourth-order valence-corrected chi connectivity index (χ4v) is 1.47. The van der Waals surface area contributed by atoms with Crippen molar-refractivity contribution in [3.8, 4) is 0 Å². The Balaban J connectivity index is 2.49. The van der Waals surface area contributed by atoms with Gasteiger partial charge in [-0.3, -0.25) is 4.90 Å². The smallest absolute Gasteiger partial charge is 0.410 e. The van der Waals surface area contributed by atoms with Crippen LogP contribution in [0, 0.1) is 5.92 Å². The molecule has 0 aromatic heterocycles. The van der Waals surface area contributed by atoms with E-state index in [0.717, 1.165) is 0 Å². The number of aliphatic carboxylic acids is 1.